The van der Waals surface area contributed by atoms with Crippen LogP contribution in [-0.2, 0) is 0 Å². The summed E-state index contributed by atoms with van der Waals surface area (Å²) >= 11 is 0. The zero-order valence-electron chi connectivity index (χ0n) is 15.1. The summed E-state index contributed by atoms with van der Waals surface area (Å²) in [4.78, 5) is 12.0. The quantitative estimate of drug-likeness (QED) is 0.503. The van der Waals surface area contributed by atoms with Crippen LogP contribution in [0.25, 0.3) is 39.2 Å². The van der Waals surface area contributed by atoms with Crippen molar-refractivity contribution in [3.05, 3.63) is 72.6 Å². The first kappa shape index (κ1) is 15.6. The predicted molar refractivity (Wildman–Crippen MR) is 106 cm³/mol. The van der Waals surface area contributed by atoms with E-state index < -0.39 is 0 Å². The molecule has 0 unspecified atom stereocenters. The highest BCUT2D eigenvalue weighted by Gasteiger charge is 2.12. The number of aromatic nitrogens is 6. The summed E-state index contributed by atoms with van der Waals surface area (Å²) in [6, 6.07) is 12.4. The van der Waals surface area contributed by atoms with Gasteiger partial charge in [-0.1, -0.05) is 6.07 Å². The maximum Gasteiger partial charge on any atom is 0.0995 e. The van der Waals surface area contributed by atoms with Crippen LogP contribution in [-0.4, -0.2) is 29.7 Å². The normalized spacial score (nSPS) is 11.3. The lowest BCUT2D eigenvalue weighted by Gasteiger charge is -2.03. The number of rotatable bonds is 3. The summed E-state index contributed by atoms with van der Waals surface area (Å²) in [6.45, 7) is 4.05. The summed E-state index contributed by atoms with van der Waals surface area (Å²) in [5, 5.41) is 8.76. The van der Waals surface area contributed by atoms with Gasteiger partial charge in [0, 0.05) is 35.1 Å². The van der Waals surface area contributed by atoms with Crippen LogP contribution in [0.2, 0.25) is 0 Å². The van der Waals surface area contributed by atoms with Crippen molar-refractivity contribution in [2.75, 3.05) is 0 Å². The first-order valence-electron chi connectivity index (χ1n) is 8.78. The second-order valence-electron chi connectivity index (χ2n) is 6.70. The second-order valence-corrected chi connectivity index (χ2v) is 6.70. The lowest BCUT2D eigenvalue weighted by molar-refractivity contribution is 1.07. The smallest absolute Gasteiger partial charge is 0.0995 e. The Labute approximate surface area is 155 Å². The third-order valence-electron chi connectivity index (χ3n) is 4.81. The summed E-state index contributed by atoms with van der Waals surface area (Å²) in [5.41, 5.74) is 8.17. The number of hydrogen-bond acceptors (Lipinski definition) is 3. The highest BCUT2D eigenvalue weighted by molar-refractivity contribution is 5.92. The Morgan fingerprint density at radius 3 is 2.78 bits per heavy atom. The van der Waals surface area contributed by atoms with Crippen molar-refractivity contribution in [3.63, 3.8) is 0 Å². The molecule has 5 rings (SSSR count). The van der Waals surface area contributed by atoms with E-state index >= 15 is 0 Å². The van der Waals surface area contributed by atoms with Gasteiger partial charge in [-0.2, -0.15) is 5.10 Å². The highest BCUT2D eigenvalue weighted by Crippen LogP contribution is 2.30. The third-order valence-corrected chi connectivity index (χ3v) is 4.81. The number of aromatic amines is 2. The molecule has 0 fully saturated rings. The molecule has 0 aliphatic carbocycles. The first-order valence-corrected chi connectivity index (χ1v) is 8.78. The van der Waals surface area contributed by atoms with Crippen molar-refractivity contribution in [2.45, 2.75) is 13.8 Å². The maximum atomic E-state index is 4.48. The monoisotopic (exact) mass is 354 g/mol. The SMILES string of the molecule is Cc1cn(-c2cccc3[nH]c(-c4cc(-c5cnccc5C)n[nH]4)cc23)cn1. The largest absolute Gasteiger partial charge is 0.353 e. The van der Waals surface area contributed by atoms with E-state index in [2.05, 4.69) is 56.3 Å². The Hall–Kier alpha value is -3.67. The van der Waals surface area contributed by atoms with Crippen LogP contribution < -0.4 is 0 Å². The van der Waals surface area contributed by atoms with Gasteiger partial charge in [-0.25, -0.2) is 4.98 Å². The minimum atomic E-state index is 0.889. The Balaban J connectivity index is 1.60. The van der Waals surface area contributed by atoms with Gasteiger partial charge in [0.25, 0.3) is 0 Å². The summed E-state index contributed by atoms with van der Waals surface area (Å²) in [7, 11) is 0. The summed E-state index contributed by atoms with van der Waals surface area (Å²) in [6.07, 6.45) is 7.51. The molecule has 0 aliphatic heterocycles. The second kappa shape index (κ2) is 5.95. The molecule has 132 valence electrons. The van der Waals surface area contributed by atoms with Crippen molar-refractivity contribution >= 4 is 10.9 Å². The van der Waals surface area contributed by atoms with E-state index in [9.17, 15) is 0 Å². The molecular formula is C21H18N6. The third kappa shape index (κ3) is 2.62. The van der Waals surface area contributed by atoms with E-state index in [-0.39, 0.29) is 0 Å². The Morgan fingerprint density at radius 1 is 1.04 bits per heavy atom. The number of pyridine rings is 1. The molecule has 0 radical (unpaired) electrons. The van der Waals surface area contributed by atoms with Crippen molar-refractivity contribution in [1.29, 1.82) is 0 Å². The van der Waals surface area contributed by atoms with Crippen molar-refractivity contribution in [2.24, 2.45) is 0 Å². The lowest BCUT2D eigenvalue weighted by Crippen LogP contribution is -1.89. The van der Waals surface area contributed by atoms with E-state index in [0.717, 1.165) is 50.5 Å². The molecule has 0 aliphatic rings. The van der Waals surface area contributed by atoms with Crippen LogP contribution in [0.1, 0.15) is 11.3 Å². The van der Waals surface area contributed by atoms with Gasteiger partial charge < -0.3 is 9.55 Å². The van der Waals surface area contributed by atoms with E-state index in [0.29, 0.717) is 0 Å². The van der Waals surface area contributed by atoms with E-state index in [1.807, 2.05) is 42.3 Å². The van der Waals surface area contributed by atoms with Crippen molar-refractivity contribution < 1.29 is 0 Å². The molecule has 0 bridgehead atoms. The average molecular weight is 354 g/mol. The molecule has 0 spiro atoms. The Kier molecular flexibility index (Phi) is 3.43. The summed E-state index contributed by atoms with van der Waals surface area (Å²) < 4.78 is 2.05. The van der Waals surface area contributed by atoms with E-state index in [1.165, 1.54) is 0 Å². The molecule has 27 heavy (non-hydrogen) atoms. The number of benzene rings is 1. The molecular weight excluding hydrogens is 336 g/mol. The van der Waals surface area contributed by atoms with Crippen LogP contribution in [0.15, 0.2) is 61.3 Å². The van der Waals surface area contributed by atoms with Gasteiger partial charge in [0.15, 0.2) is 0 Å². The van der Waals surface area contributed by atoms with Crippen LogP contribution in [0, 0.1) is 13.8 Å². The van der Waals surface area contributed by atoms with E-state index in [1.54, 1.807) is 6.20 Å². The molecule has 2 N–H and O–H groups in total. The number of nitrogens with zero attached hydrogens (tertiary/aromatic N) is 4. The number of H-pyrrole nitrogens is 2. The van der Waals surface area contributed by atoms with Crippen LogP contribution >= 0.6 is 0 Å². The molecule has 6 heteroatoms. The number of fused-ring (bicyclic) bond motifs is 1. The molecule has 6 nitrogen and oxygen atoms in total. The van der Waals surface area contributed by atoms with Gasteiger partial charge in [-0.15, -0.1) is 0 Å². The fraction of sp³-hybridized carbons (Fsp3) is 0.0952. The minimum Gasteiger partial charge on any atom is -0.353 e. The molecule has 4 heterocycles. The fourth-order valence-corrected chi connectivity index (χ4v) is 3.39. The zero-order valence-corrected chi connectivity index (χ0v) is 15.1. The van der Waals surface area contributed by atoms with Crippen molar-refractivity contribution in [1.82, 2.24) is 29.7 Å². The van der Waals surface area contributed by atoms with Crippen molar-refractivity contribution in [3.8, 4) is 28.3 Å². The number of aryl methyl sites for hydroxylation is 2. The maximum absolute atomic E-state index is 4.48. The lowest BCUT2D eigenvalue weighted by atomic mass is 10.1. The van der Waals surface area contributed by atoms with Gasteiger partial charge >= 0.3 is 0 Å². The van der Waals surface area contributed by atoms with Crippen LogP contribution in [0.4, 0.5) is 0 Å². The average Bonchev–Trinajstić information content (AvgIpc) is 3.40. The number of imidazole rings is 1. The van der Waals surface area contributed by atoms with Gasteiger partial charge in [0.2, 0.25) is 0 Å². The fourth-order valence-electron chi connectivity index (χ4n) is 3.39. The summed E-state index contributed by atoms with van der Waals surface area (Å²) in [5.74, 6) is 0. The van der Waals surface area contributed by atoms with Crippen LogP contribution in [0.3, 0.4) is 0 Å². The number of nitrogens with one attached hydrogen (secondary N) is 2. The highest BCUT2D eigenvalue weighted by atomic mass is 15.1. The van der Waals surface area contributed by atoms with Gasteiger partial charge in [0.1, 0.15) is 0 Å². The molecule has 4 aromatic heterocycles. The van der Waals surface area contributed by atoms with Crippen LogP contribution in [0.5, 0.6) is 0 Å². The topological polar surface area (TPSA) is 75.2 Å². The Morgan fingerprint density at radius 2 is 1.96 bits per heavy atom. The molecule has 0 saturated heterocycles. The van der Waals surface area contributed by atoms with Gasteiger partial charge in [-0.05, 0) is 49.7 Å². The molecule has 5 aromatic rings. The predicted octanol–water partition coefficient (Wildman–Crippen LogP) is 4.42. The molecule has 0 saturated carbocycles. The van der Waals surface area contributed by atoms with E-state index in [4.69, 9.17) is 0 Å². The first-order chi connectivity index (χ1) is 13.2. The minimum absolute atomic E-state index is 0.889. The number of hydrogen-bond donors (Lipinski definition) is 2. The molecule has 1 aromatic carbocycles. The van der Waals surface area contributed by atoms with Gasteiger partial charge in [0.05, 0.1) is 34.8 Å². The van der Waals surface area contributed by atoms with Gasteiger partial charge in [-0.3, -0.25) is 10.1 Å². The Bertz CT molecular complexity index is 1260. The zero-order chi connectivity index (χ0) is 18.4. The molecule has 0 amide bonds. The molecule has 0 atom stereocenters. The standard InChI is InChI=1S/C21H18N6/c1-13-6-7-22-10-16(13)18-9-20(26-25-18)19-8-15-17(24-19)4-3-5-21(15)27-11-14(2)23-12-27/h3-12,24H,1-2H3,(H,25,26).